The number of carbonyl (C=O) groups excluding carboxylic acids is 1. The van der Waals surface area contributed by atoms with Gasteiger partial charge in [0, 0.05) is 19.6 Å². The summed E-state index contributed by atoms with van der Waals surface area (Å²) in [5.74, 6) is 0.167. The number of rotatable bonds is 2. The molecule has 0 bridgehead atoms. The summed E-state index contributed by atoms with van der Waals surface area (Å²) in [5.41, 5.74) is 2.47. The quantitative estimate of drug-likeness (QED) is 0.905. The molecule has 114 valence electrons. The highest BCUT2D eigenvalue weighted by Crippen LogP contribution is 2.31. The molecule has 4 nitrogen and oxygen atoms in total. The lowest BCUT2D eigenvalue weighted by molar-refractivity contribution is -0.137. The normalized spacial score (nSPS) is 29.0. The number of benzene rings is 1. The molecule has 3 atom stereocenters. The van der Waals surface area contributed by atoms with E-state index in [0.29, 0.717) is 13.0 Å². The lowest BCUT2D eigenvalue weighted by Gasteiger charge is -2.26. The molecule has 21 heavy (non-hydrogen) atoms. The first kappa shape index (κ1) is 14.5. The lowest BCUT2D eigenvalue weighted by atomic mass is 10.0. The highest BCUT2D eigenvalue weighted by atomic mass is 16.5. The maximum absolute atomic E-state index is 12.7. The molecule has 1 N–H and O–H groups in total. The Bertz CT molecular complexity index is 517. The van der Waals surface area contributed by atoms with Gasteiger partial charge in [0.2, 0.25) is 5.91 Å². The standard InChI is InChI=1S/C17H23NO3/c1-21-16-11-18(17(20)13-6-7-14(19)10-13)9-8-12-4-2-3-5-15(12)16/h2-5,13-14,16,19H,6-11H2,1H3/t13-,14-,16?/m1/s1. The van der Waals surface area contributed by atoms with Gasteiger partial charge in [-0.05, 0) is 36.8 Å². The predicted molar refractivity (Wildman–Crippen MR) is 79.8 cm³/mol. The molecular weight excluding hydrogens is 266 g/mol. The predicted octanol–water partition coefficient (Wildman–Crippen LogP) is 1.92. The Kier molecular flexibility index (Phi) is 4.27. The Labute approximate surface area is 125 Å². The van der Waals surface area contributed by atoms with Gasteiger partial charge in [0.1, 0.15) is 0 Å². The third-order valence-electron chi connectivity index (χ3n) is 4.79. The van der Waals surface area contributed by atoms with Gasteiger partial charge < -0.3 is 14.7 Å². The number of hydrogen-bond donors (Lipinski definition) is 1. The molecule has 0 aromatic heterocycles. The van der Waals surface area contributed by atoms with E-state index in [2.05, 4.69) is 12.1 Å². The van der Waals surface area contributed by atoms with Crippen molar-refractivity contribution >= 4 is 5.91 Å². The highest BCUT2D eigenvalue weighted by Gasteiger charge is 2.34. The first-order chi connectivity index (χ1) is 10.2. The van der Waals surface area contributed by atoms with Crippen molar-refractivity contribution in [2.24, 2.45) is 5.92 Å². The van der Waals surface area contributed by atoms with Gasteiger partial charge in [0.05, 0.1) is 18.8 Å². The summed E-state index contributed by atoms with van der Waals surface area (Å²) in [6, 6.07) is 8.28. The van der Waals surface area contributed by atoms with Crippen LogP contribution in [-0.4, -0.2) is 42.2 Å². The molecule has 1 heterocycles. The van der Waals surface area contributed by atoms with E-state index in [1.54, 1.807) is 7.11 Å². The summed E-state index contributed by atoms with van der Waals surface area (Å²) in [6.07, 6.45) is 2.68. The van der Waals surface area contributed by atoms with Gasteiger partial charge in [-0.15, -0.1) is 0 Å². The van der Waals surface area contributed by atoms with Crippen LogP contribution in [0.3, 0.4) is 0 Å². The minimum absolute atomic E-state index is 0.0151. The summed E-state index contributed by atoms with van der Waals surface area (Å²) >= 11 is 0. The SMILES string of the molecule is COC1CN(C(=O)[C@@H]2CC[C@@H](O)C2)CCc2ccccc21. The second-order valence-corrected chi connectivity index (χ2v) is 6.12. The fourth-order valence-electron chi connectivity index (χ4n) is 3.56. The number of carbonyl (C=O) groups is 1. The number of ether oxygens (including phenoxy) is 1. The summed E-state index contributed by atoms with van der Waals surface area (Å²) in [5, 5.41) is 9.65. The van der Waals surface area contributed by atoms with E-state index in [0.717, 1.165) is 25.8 Å². The maximum Gasteiger partial charge on any atom is 0.225 e. The molecule has 1 amide bonds. The minimum atomic E-state index is -0.304. The average Bonchev–Trinajstić information content (AvgIpc) is 2.84. The zero-order valence-electron chi connectivity index (χ0n) is 12.5. The van der Waals surface area contributed by atoms with Crippen LogP contribution in [0.2, 0.25) is 0 Å². The van der Waals surface area contributed by atoms with E-state index in [1.807, 2.05) is 17.0 Å². The number of hydrogen-bond acceptors (Lipinski definition) is 3. The third kappa shape index (κ3) is 2.97. The maximum atomic E-state index is 12.7. The molecule has 1 unspecified atom stereocenters. The van der Waals surface area contributed by atoms with Crippen LogP contribution >= 0.6 is 0 Å². The second-order valence-electron chi connectivity index (χ2n) is 6.12. The Balaban J connectivity index is 1.76. The van der Waals surface area contributed by atoms with Crippen LogP contribution in [0.4, 0.5) is 0 Å². The van der Waals surface area contributed by atoms with E-state index >= 15 is 0 Å². The van der Waals surface area contributed by atoms with Crippen molar-refractivity contribution in [1.29, 1.82) is 0 Å². The van der Waals surface area contributed by atoms with Crippen LogP contribution in [-0.2, 0) is 16.0 Å². The second kappa shape index (κ2) is 6.16. The van der Waals surface area contributed by atoms with Crippen molar-refractivity contribution in [3.8, 4) is 0 Å². The van der Waals surface area contributed by atoms with Gasteiger partial charge in [-0.3, -0.25) is 4.79 Å². The molecule has 1 aromatic rings. The van der Waals surface area contributed by atoms with Crippen LogP contribution in [0.5, 0.6) is 0 Å². The van der Waals surface area contributed by atoms with E-state index < -0.39 is 0 Å². The molecule has 4 heteroatoms. The van der Waals surface area contributed by atoms with Gasteiger partial charge in [-0.1, -0.05) is 24.3 Å². The smallest absolute Gasteiger partial charge is 0.225 e. The monoisotopic (exact) mass is 289 g/mol. The van der Waals surface area contributed by atoms with Crippen molar-refractivity contribution in [2.75, 3.05) is 20.2 Å². The average molecular weight is 289 g/mol. The van der Waals surface area contributed by atoms with E-state index in [-0.39, 0.29) is 24.0 Å². The van der Waals surface area contributed by atoms with Crippen LogP contribution in [0.25, 0.3) is 0 Å². The molecule has 1 aromatic carbocycles. The van der Waals surface area contributed by atoms with Crippen molar-refractivity contribution in [2.45, 2.75) is 37.9 Å². The fourth-order valence-corrected chi connectivity index (χ4v) is 3.56. The van der Waals surface area contributed by atoms with Crippen molar-refractivity contribution in [1.82, 2.24) is 4.90 Å². The van der Waals surface area contributed by atoms with Crippen molar-refractivity contribution in [3.05, 3.63) is 35.4 Å². The number of fused-ring (bicyclic) bond motifs is 1. The minimum Gasteiger partial charge on any atom is -0.393 e. The summed E-state index contributed by atoms with van der Waals surface area (Å²) < 4.78 is 5.62. The van der Waals surface area contributed by atoms with E-state index in [4.69, 9.17) is 4.74 Å². The molecule has 0 spiro atoms. The molecule has 0 radical (unpaired) electrons. The number of nitrogens with zero attached hydrogens (tertiary/aromatic N) is 1. The molecule has 1 aliphatic heterocycles. The summed E-state index contributed by atoms with van der Waals surface area (Å²) in [7, 11) is 1.70. The Morgan fingerprint density at radius 3 is 2.86 bits per heavy atom. The molecule has 0 saturated heterocycles. The first-order valence-corrected chi connectivity index (χ1v) is 7.76. The van der Waals surface area contributed by atoms with Crippen molar-refractivity contribution < 1.29 is 14.6 Å². The van der Waals surface area contributed by atoms with Gasteiger partial charge in [0.25, 0.3) is 0 Å². The Hall–Kier alpha value is -1.39. The first-order valence-electron chi connectivity index (χ1n) is 7.76. The Morgan fingerprint density at radius 2 is 2.14 bits per heavy atom. The zero-order valence-corrected chi connectivity index (χ0v) is 12.5. The zero-order chi connectivity index (χ0) is 14.8. The van der Waals surface area contributed by atoms with Gasteiger partial charge in [-0.2, -0.15) is 0 Å². The van der Waals surface area contributed by atoms with Crippen LogP contribution < -0.4 is 0 Å². The molecule has 1 saturated carbocycles. The number of aliphatic hydroxyl groups is 1. The fraction of sp³-hybridized carbons (Fsp3) is 0.588. The topological polar surface area (TPSA) is 49.8 Å². The number of amides is 1. The van der Waals surface area contributed by atoms with Gasteiger partial charge >= 0.3 is 0 Å². The number of aliphatic hydroxyl groups excluding tert-OH is 1. The van der Waals surface area contributed by atoms with Crippen molar-refractivity contribution in [3.63, 3.8) is 0 Å². The largest absolute Gasteiger partial charge is 0.393 e. The highest BCUT2D eigenvalue weighted by molar-refractivity contribution is 5.79. The van der Waals surface area contributed by atoms with E-state index in [1.165, 1.54) is 11.1 Å². The molecule has 1 fully saturated rings. The molecule has 3 rings (SSSR count). The molecule has 1 aliphatic carbocycles. The molecular formula is C17H23NO3. The third-order valence-corrected chi connectivity index (χ3v) is 4.79. The number of methoxy groups -OCH3 is 1. The summed E-state index contributed by atoms with van der Waals surface area (Å²) in [4.78, 5) is 14.6. The Morgan fingerprint density at radius 1 is 1.33 bits per heavy atom. The van der Waals surface area contributed by atoms with Crippen LogP contribution in [0, 0.1) is 5.92 Å². The molecule has 2 aliphatic rings. The van der Waals surface area contributed by atoms with Gasteiger partial charge in [0.15, 0.2) is 0 Å². The van der Waals surface area contributed by atoms with E-state index in [9.17, 15) is 9.90 Å². The van der Waals surface area contributed by atoms with Crippen LogP contribution in [0.15, 0.2) is 24.3 Å². The van der Waals surface area contributed by atoms with Crippen LogP contribution in [0.1, 0.15) is 36.5 Å². The lowest BCUT2D eigenvalue weighted by Crippen LogP contribution is -2.38. The summed E-state index contributed by atoms with van der Waals surface area (Å²) in [6.45, 7) is 1.35. The van der Waals surface area contributed by atoms with Gasteiger partial charge in [-0.25, -0.2) is 0 Å².